The summed E-state index contributed by atoms with van der Waals surface area (Å²) in [7, 11) is 0. The first kappa shape index (κ1) is 22.2. The third kappa shape index (κ3) is 5.80. The standard InChI is InChI=1S/C27H33N3O2/c1-20-17-25(21(2)32-20)19-30-15-13-22(14-16-30)18-28-27(31)29-26(23-9-5-3-6-10-23)24-11-7-4-8-12-24/h3-12,17,22,26H,13-16,18-19H2,1-2H3,(H2,28,29,31). The topological polar surface area (TPSA) is 57.5 Å². The van der Waals surface area contributed by atoms with Crippen molar-refractivity contribution < 1.29 is 9.21 Å². The van der Waals surface area contributed by atoms with Crippen LogP contribution in [0.25, 0.3) is 0 Å². The molecule has 1 aromatic heterocycles. The molecule has 0 unspecified atom stereocenters. The van der Waals surface area contributed by atoms with E-state index < -0.39 is 0 Å². The molecule has 1 fully saturated rings. The lowest BCUT2D eigenvalue weighted by Crippen LogP contribution is -2.43. The van der Waals surface area contributed by atoms with Crippen molar-refractivity contribution in [3.63, 3.8) is 0 Å². The highest BCUT2D eigenvalue weighted by Crippen LogP contribution is 2.23. The molecule has 5 nitrogen and oxygen atoms in total. The Morgan fingerprint density at radius 3 is 2.12 bits per heavy atom. The number of amides is 2. The number of likely N-dealkylation sites (tertiary alicyclic amines) is 1. The van der Waals surface area contributed by atoms with Gasteiger partial charge in [-0.2, -0.15) is 0 Å². The van der Waals surface area contributed by atoms with Gasteiger partial charge in [0, 0.05) is 18.7 Å². The van der Waals surface area contributed by atoms with Crippen molar-refractivity contribution in [2.24, 2.45) is 5.92 Å². The number of nitrogens with one attached hydrogen (secondary N) is 2. The van der Waals surface area contributed by atoms with Crippen LogP contribution in [-0.2, 0) is 6.54 Å². The molecular weight excluding hydrogens is 398 g/mol. The van der Waals surface area contributed by atoms with Gasteiger partial charge in [-0.05, 0) is 62.9 Å². The molecule has 0 aliphatic carbocycles. The molecule has 32 heavy (non-hydrogen) atoms. The second kappa shape index (κ2) is 10.5. The third-order valence-electron chi connectivity index (χ3n) is 6.34. The minimum atomic E-state index is -0.166. The highest BCUT2D eigenvalue weighted by molar-refractivity contribution is 5.75. The van der Waals surface area contributed by atoms with Gasteiger partial charge >= 0.3 is 6.03 Å². The fourth-order valence-corrected chi connectivity index (χ4v) is 4.50. The van der Waals surface area contributed by atoms with Crippen LogP contribution in [0.4, 0.5) is 4.79 Å². The number of piperidine rings is 1. The lowest BCUT2D eigenvalue weighted by molar-refractivity contribution is 0.174. The van der Waals surface area contributed by atoms with Gasteiger partial charge in [-0.1, -0.05) is 60.7 Å². The Hall–Kier alpha value is -3.05. The van der Waals surface area contributed by atoms with E-state index in [9.17, 15) is 4.79 Å². The maximum absolute atomic E-state index is 12.7. The molecular formula is C27H33N3O2. The Bertz CT molecular complexity index is 953. The maximum Gasteiger partial charge on any atom is 0.315 e. The van der Waals surface area contributed by atoms with E-state index >= 15 is 0 Å². The van der Waals surface area contributed by atoms with Crippen LogP contribution in [-0.4, -0.2) is 30.6 Å². The monoisotopic (exact) mass is 431 g/mol. The van der Waals surface area contributed by atoms with E-state index in [0.717, 1.165) is 55.1 Å². The SMILES string of the molecule is Cc1cc(CN2CCC(CNC(=O)NC(c3ccccc3)c3ccccc3)CC2)c(C)o1. The second-order valence-corrected chi connectivity index (χ2v) is 8.77. The summed E-state index contributed by atoms with van der Waals surface area (Å²) in [6, 6.07) is 22.1. The van der Waals surface area contributed by atoms with Gasteiger partial charge in [0.1, 0.15) is 11.5 Å². The number of hydrogen-bond donors (Lipinski definition) is 2. The average Bonchev–Trinajstić information content (AvgIpc) is 3.14. The van der Waals surface area contributed by atoms with Crippen molar-refractivity contribution in [3.8, 4) is 0 Å². The highest BCUT2D eigenvalue weighted by atomic mass is 16.3. The number of carbonyl (C=O) groups excluding carboxylic acids is 1. The molecule has 0 spiro atoms. The van der Waals surface area contributed by atoms with Gasteiger partial charge in [0.2, 0.25) is 0 Å². The molecule has 0 atom stereocenters. The first-order valence-corrected chi connectivity index (χ1v) is 11.5. The zero-order chi connectivity index (χ0) is 22.3. The van der Waals surface area contributed by atoms with Crippen LogP contribution in [0.5, 0.6) is 0 Å². The van der Waals surface area contributed by atoms with Crippen LogP contribution in [0.15, 0.2) is 71.1 Å². The van der Waals surface area contributed by atoms with Crippen LogP contribution < -0.4 is 10.6 Å². The van der Waals surface area contributed by atoms with Crippen molar-refractivity contribution in [1.29, 1.82) is 0 Å². The molecule has 4 rings (SSSR count). The van der Waals surface area contributed by atoms with Crippen molar-refractivity contribution in [3.05, 3.63) is 94.9 Å². The van der Waals surface area contributed by atoms with Gasteiger partial charge in [-0.15, -0.1) is 0 Å². The fraction of sp³-hybridized carbons (Fsp3) is 0.370. The van der Waals surface area contributed by atoms with E-state index in [1.807, 2.05) is 50.2 Å². The summed E-state index contributed by atoms with van der Waals surface area (Å²) >= 11 is 0. The first-order valence-electron chi connectivity index (χ1n) is 11.5. The molecule has 3 aromatic rings. The van der Waals surface area contributed by atoms with Crippen molar-refractivity contribution in [2.75, 3.05) is 19.6 Å². The van der Waals surface area contributed by atoms with Gasteiger partial charge < -0.3 is 15.1 Å². The summed E-state index contributed by atoms with van der Waals surface area (Å²) in [6.07, 6.45) is 2.19. The van der Waals surface area contributed by atoms with Crippen LogP contribution in [0.1, 0.15) is 47.1 Å². The summed E-state index contributed by atoms with van der Waals surface area (Å²) in [5.41, 5.74) is 3.44. The smallest absolute Gasteiger partial charge is 0.315 e. The minimum absolute atomic E-state index is 0.116. The van der Waals surface area contributed by atoms with E-state index in [4.69, 9.17) is 4.42 Å². The fourth-order valence-electron chi connectivity index (χ4n) is 4.50. The number of aryl methyl sites for hydroxylation is 2. The number of nitrogens with zero attached hydrogens (tertiary/aromatic N) is 1. The number of furan rings is 1. The minimum Gasteiger partial charge on any atom is -0.466 e. The van der Waals surface area contributed by atoms with Crippen LogP contribution in [0.3, 0.4) is 0 Å². The lowest BCUT2D eigenvalue weighted by Gasteiger charge is -2.32. The molecule has 1 aliphatic heterocycles. The Morgan fingerprint density at radius 1 is 1.00 bits per heavy atom. The zero-order valence-electron chi connectivity index (χ0n) is 19.0. The molecule has 1 saturated heterocycles. The Balaban J connectivity index is 1.27. The summed E-state index contributed by atoms with van der Waals surface area (Å²) in [4.78, 5) is 15.2. The molecule has 2 aromatic carbocycles. The first-order chi connectivity index (χ1) is 15.6. The molecule has 0 radical (unpaired) electrons. The van der Waals surface area contributed by atoms with Crippen molar-refractivity contribution in [2.45, 2.75) is 39.3 Å². The molecule has 0 saturated carbocycles. The zero-order valence-corrected chi connectivity index (χ0v) is 19.0. The predicted octanol–water partition coefficient (Wildman–Crippen LogP) is 5.20. The molecule has 0 bridgehead atoms. The van der Waals surface area contributed by atoms with Gasteiger partial charge in [0.05, 0.1) is 6.04 Å². The van der Waals surface area contributed by atoms with Crippen molar-refractivity contribution >= 4 is 6.03 Å². The second-order valence-electron chi connectivity index (χ2n) is 8.77. The van der Waals surface area contributed by atoms with E-state index in [0.29, 0.717) is 12.5 Å². The van der Waals surface area contributed by atoms with E-state index in [1.165, 1.54) is 5.56 Å². The number of benzene rings is 2. The molecule has 1 aliphatic rings. The van der Waals surface area contributed by atoms with Gasteiger partial charge in [0.15, 0.2) is 0 Å². The summed E-state index contributed by atoms with van der Waals surface area (Å²) in [5.74, 6) is 2.51. The van der Waals surface area contributed by atoms with Gasteiger partial charge in [-0.3, -0.25) is 4.90 Å². The molecule has 168 valence electrons. The molecule has 2 amide bonds. The Morgan fingerprint density at radius 2 is 1.59 bits per heavy atom. The van der Waals surface area contributed by atoms with E-state index in [1.54, 1.807) is 0 Å². The van der Waals surface area contributed by atoms with Crippen LogP contribution >= 0.6 is 0 Å². The predicted molar refractivity (Wildman–Crippen MR) is 127 cm³/mol. The molecule has 5 heteroatoms. The van der Waals surface area contributed by atoms with Crippen LogP contribution in [0.2, 0.25) is 0 Å². The van der Waals surface area contributed by atoms with Crippen LogP contribution in [0, 0.1) is 19.8 Å². The molecule has 2 heterocycles. The highest BCUT2D eigenvalue weighted by Gasteiger charge is 2.22. The van der Waals surface area contributed by atoms with Gasteiger partial charge in [0.25, 0.3) is 0 Å². The quantitative estimate of drug-likeness (QED) is 0.541. The van der Waals surface area contributed by atoms with E-state index in [-0.39, 0.29) is 12.1 Å². The summed E-state index contributed by atoms with van der Waals surface area (Å²) in [5, 5.41) is 6.28. The molecule has 2 N–H and O–H groups in total. The van der Waals surface area contributed by atoms with Gasteiger partial charge in [-0.25, -0.2) is 4.79 Å². The van der Waals surface area contributed by atoms with Crippen molar-refractivity contribution in [1.82, 2.24) is 15.5 Å². The third-order valence-corrected chi connectivity index (χ3v) is 6.34. The number of rotatable bonds is 7. The number of urea groups is 1. The van der Waals surface area contributed by atoms with E-state index in [2.05, 4.69) is 45.9 Å². The average molecular weight is 432 g/mol. The lowest BCUT2D eigenvalue weighted by atomic mass is 9.96. The summed E-state index contributed by atoms with van der Waals surface area (Å²) in [6.45, 7) is 7.79. The number of carbonyl (C=O) groups is 1. The maximum atomic E-state index is 12.7. The Labute approximate surface area is 190 Å². The summed E-state index contributed by atoms with van der Waals surface area (Å²) < 4.78 is 5.66. The Kier molecular flexibility index (Phi) is 7.28. The normalized spacial score (nSPS) is 15.1. The number of hydrogen-bond acceptors (Lipinski definition) is 3. The largest absolute Gasteiger partial charge is 0.466 e.